The number of hydrogen-bond acceptors (Lipinski definition) is 4. The van der Waals surface area contributed by atoms with Crippen LogP contribution in [0.3, 0.4) is 0 Å². The Labute approximate surface area is 158 Å². The summed E-state index contributed by atoms with van der Waals surface area (Å²) in [5.74, 6) is 0.200. The van der Waals surface area contributed by atoms with Crippen molar-refractivity contribution in [2.75, 3.05) is 25.0 Å². The zero-order valence-electron chi connectivity index (χ0n) is 15.3. The summed E-state index contributed by atoms with van der Waals surface area (Å²) in [5, 5.41) is 5.92. The van der Waals surface area contributed by atoms with E-state index in [0.717, 1.165) is 30.1 Å². The molecule has 142 valence electrons. The molecule has 0 spiro atoms. The Balaban J connectivity index is 1.48. The Bertz CT molecular complexity index is 797. The molecule has 2 aromatic rings. The van der Waals surface area contributed by atoms with Gasteiger partial charge in [-0.1, -0.05) is 24.6 Å². The zero-order chi connectivity index (χ0) is 18.6. The van der Waals surface area contributed by atoms with Gasteiger partial charge in [-0.15, -0.1) is 0 Å². The molecule has 3 heterocycles. The highest BCUT2D eigenvalue weighted by molar-refractivity contribution is 6.01. The minimum Gasteiger partial charge on any atom is -0.468 e. The SMILES string of the molecule is O=C1CC(C(=O)NCC(c2ccco2)N2CCCCC2)c2ccccc2N1. The van der Waals surface area contributed by atoms with E-state index in [2.05, 4.69) is 15.5 Å². The number of carbonyl (C=O) groups is 2. The van der Waals surface area contributed by atoms with Gasteiger partial charge in [-0.3, -0.25) is 14.5 Å². The first kappa shape index (κ1) is 17.8. The summed E-state index contributed by atoms with van der Waals surface area (Å²) in [5.41, 5.74) is 1.61. The molecular formula is C21H25N3O3. The van der Waals surface area contributed by atoms with Crippen molar-refractivity contribution in [2.24, 2.45) is 0 Å². The lowest BCUT2D eigenvalue weighted by molar-refractivity contribution is -0.126. The van der Waals surface area contributed by atoms with Crippen molar-refractivity contribution in [3.05, 3.63) is 54.0 Å². The maximum atomic E-state index is 12.9. The molecule has 1 fully saturated rings. The van der Waals surface area contributed by atoms with Crippen molar-refractivity contribution in [2.45, 2.75) is 37.6 Å². The molecule has 6 heteroatoms. The molecule has 6 nitrogen and oxygen atoms in total. The predicted octanol–water partition coefficient (Wildman–Crippen LogP) is 3.05. The number of amides is 2. The van der Waals surface area contributed by atoms with Crippen molar-refractivity contribution < 1.29 is 14.0 Å². The van der Waals surface area contributed by atoms with Gasteiger partial charge in [-0.2, -0.15) is 0 Å². The van der Waals surface area contributed by atoms with E-state index < -0.39 is 5.92 Å². The molecule has 1 aromatic carbocycles. The highest BCUT2D eigenvalue weighted by Crippen LogP contribution is 2.32. The van der Waals surface area contributed by atoms with Crippen LogP contribution in [0.5, 0.6) is 0 Å². The number of hydrogen-bond donors (Lipinski definition) is 2. The minimum atomic E-state index is -0.450. The van der Waals surface area contributed by atoms with Crippen LogP contribution < -0.4 is 10.6 Å². The highest BCUT2D eigenvalue weighted by atomic mass is 16.3. The van der Waals surface area contributed by atoms with E-state index >= 15 is 0 Å². The second-order valence-corrected chi connectivity index (χ2v) is 7.27. The molecule has 0 bridgehead atoms. The lowest BCUT2D eigenvalue weighted by Crippen LogP contribution is -2.42. The van der Waals surface area contributed by atoms with Gasteiger partial charge in [-0.05, 0) is 49.7 Å². The number of carbonyl (C=O) groups excluding carboxylic acids is 2. The summed E-state index contributed by atoms with van der Waals surface area (Å²) in [6.07, 6.45) is 5.44. The first-order valence-corrected chi connectivity index (χ1v) is 9.66. The van der Waals surface area contributed by atoms with E-state index in [1.807, 2.05) is 36.4 Å². The quantitative estimate of drug-likeness (QED) is 0.852. The van der Waals surface area contributed by atoms with Crippen molar-refractivity contribution in [1.82, 2.24) is 10.2 Å². The number of rotatable bonds is 5. The number of piperidine rings is 1. The van der Waals surface area contributed by atoms with Gasteiger partial charge in [0.25, 0.3) is 0 Å². The van der Waals surface area contributed by atoms with Crippen LogP contribution in [0.1, 0.15) is 49.0 Å². The van der Waals surface area contributed by atoms with Gasteiger partial charge in [0.15, 0.2) is 0 Å². The topological polar surface area (TPSA) is 74.6 Å². The van der Waals surface area contributed by atoms with Gasteiger partial charge >= 0.3 is 0 Å². The molecule has 0 saturated carbocycles. The molecule has 2 N–H and O–H groups in total. The van der Waals surface area contributed by atoms with Gasteiger partial charge in [0.05, 0.1) is 18.2 Å². The average Bonchev–Trinajstić information content (AvgIpc) is 3.22. The molecule has 27 heavy (non-hydrogen) atoms. The Morgan fingerprint density at radius 2 is 2.00 bits per heavy atom. The molecule has 2 atom stereocenters. The number of furan rings is 1. The molecule has 2 aliphatic heterocycles. The van der Waals surface area contributed by atoms with Gasteiger partial charge < -0.3 is 15.1 Å². The molecule has 0 aliphatic carbocycles. The Kier molecular flexibility index (Phi) is 5.25. The van der Waals surface area contributed by atoms with Crippen molar-refractivity contribution >= 4 is 17.5 Å². The highest BCUT2D eigenvalue weighted by Gasteiger charge is 2.32. The number of nitrogens with zero attached hydrogens (tertiary/aromatic N) is 1. The van der Waals surface area contributed by atoms with Crippen molar-refractivity contribution in [3.63, 3.8) is 0 Å². The summed E-state index contributed by atoms with van der Waals surface area (Å²) in [4.78, 5) is 27.3. The second-order valence-electron chi connectivity index (χ2n) is 7.27. The standard InChI is InChI=1S/C21H25N3O3/c25-20-13-16(15-7-2-3-8-17(15)23-20)21(26)22-14-18(19-9-6-12-27-19)24-10-4-1-5-11-24/h2-3,6-9,12,16,18H,1,4-5,10-11,13-14H2,(H,22,26)(H,23,25). The number of benzene rings is 1. The van der Waals surface area contributed by atoms with Gasteiger partial charge in [0, 0.05) is 18.7 Å². The third-order valence-electron chi connectivity index (χ3n) is 5.49. The largest absolute Gasteiger partial charge is 0.468 e. The fraction of sp³-hybridized carbons (Fsp3) is 0.429. The monoisotopic (exact) mass is 367 g/mol. The van der Waals surface area contributed by atoms with Crippen LogP contribution in [0.2, 0.25) is 0 Å². The van der Waals surface area contributed by atoms with E-state index in [0.29, 0.717) is 6.54 Å². The predicted molar refractivity (Wildman–Crippen MR) is 102 cm³/mol. The zero-order valence-corrected chi connectivity index (χ0v) is 15.3. The molecule has 2 amide bonds. The van der Waals surface area contributed by atoms with E-state index in [1.54, 1.807) is 6.26 Å². The van der Waals surface area contributed by atoms with Crippen LogP contribution >= 0.6 is 0 Å². The minimum absolute atomic E-state index is 0.0249. The second kappa shape index (κ2) is 7.96. The van der Waals surface area contributed by atoms with E-state index in [4.69, 9.17) is 4.42 Å². The number of anilines is 1. The molecular weight excluding hydrogens is 342 g/mol. The van der Waals surface area contributed by atoms with Crippen molar-refractivity contribution in [3.8, 4) is 0 Å². The van der Waals surface area contributed by atoms with Crippen LogP contribution in [-0.4, -0.2) is 36.3 Å². The van der Waals surface area contributed by atoms with E-state index in [1.165, 1.54) is 19.3 Å². The lowest BCUT2D eigenvalue weighted by atomic mass is 9.89. The van der Waals surface area contributed by atoms with Crippen LogP contribution in [0, 0.1) is 0 Å². The normalized spacial score (nSPS) is 21.2. The number of fused-ring (bicyclic) bond motifs is 1. The number of likely N-dealkylation sites (tertiary alicyclic amines) is 1. The number of para-hydroxylation sites is 1. The molecule has 0 radical (unpaired) electrons. The van der Waals surface area contributed by atoms with Crippen LogP contribution in [-0.2, 0) is 9.59 Å². The number of nitrogens with one attached hydrogen (secondary N) is 2. The fourth-order valence-electron chi connectivity index (χ4n) is 4.09. The van der Waals surface area contributed by atoms with E-state index in [9.17, 15) is 9.59 Å². The smallest absolute Gasteiger partial charge is 0.228 e. The van der Waals surface area contributed by atoms with Crippen LogP contribution in [0.4, 0.5) is 5.69 Å². The van der Waals surface area contributed by atoms with Crippen molar-refractivity contribution in [1.29, 1.82) is 0 Å². The van der Waals surface area contributed by atoms with Crippen LogP contribution in [0.15, 0.2) is 47.1 Å². The molecule has 1 saturated heterocycles. The fourth-order valence-corrected chi connectivity index (χ4v) is 4.09. The van der Waals surface area contributed by atoms with Gasteiger partial charge in [0.1, 0.15) is 5.76 Å². The van der Waals surface area contributed by atoms with Gasteiger partial charge in [-0.25, -0.2) is 0 Å². The third-order valence-corrected chi connectivity index (χ3v) is 5.49. The maximum absolute atomic E-state index is 12.9. The molecule has 1 aromatic heterocycles. The maximum Gasteiger partial charge on any atom is 0.228 e. The third kappa shape index (κ3) is 3.90. The summed E-state index contributed by atoms with van der Waals surface area (Å²) in [6.45, 7) is 2.50. The van der Waals surface area contributed by atoms with E-state index in [-0.39, 0.29) is 24.3 Å². The summed E-state index contributed by atoms with van der Waals surface area (Å²) in [6, 6.07) is 11.4. The Morgan fingerprint density at radius 1 is 1.19 bits per heavy atom. The summed E-state index contributed by atoms with van der Waals surface area (Å²) in [7, 11) is 0. The van der Waals surface area contributed by atoms with Gasteiger partial charge in [0.2, 0.25) is 11.8 Å². The Morgan fingerprint density at radius 3 is 2.78 bits per heavy atom. The first-order chi connectivity index (χ1) is 13.2. The summed E-state index contributed by atoms with van der Waals surface area (Å²) < 4.78 is 5.64. The molecule has 4 rings (SSSR count). The molecule has 2 unspecified atom stereocenters. The molecule has 2 aliphatic rings. The average molecular weight is 367 g/mol. The Hall–Kier alpha value is -2.60. The lowest BCUT2D eigenvalue weighted by Gasteiger charge is -2.34. The summed E-state index contributed by atoms with van der Waals surface area (Å²) >= 11 is 0. The first-order valence-electron chi connectivity index (χ1n) is 9.66. The van der Waals surface area contributed by atoms with Crippen LogP contribution in [0.25, 0.3) is 0 Å².